The third-order valence-electron chi connectivity index (χ3n) is 6.43. The number of hydrogen-bond acceptors (Lipinski definition) is 5. The van der Waals surface area contributed by atoms with Gasteiger partial charge >= 0.3 is 0 Å². The maximum absolute atomic E-state index is 13.3. The molecule has 5 heterocycles. The number of likely N-dealkylation sites (N-methyl/N-ethyl adjacent to an activating group) is 1. The quantitative estimate of drug-likeness (QED) is 0.662. The summed E-state index contributed by atoms with van der Waals surface area (Å²) in [4.78, 5) is 34.3. The number of amides is 2. The highest BCUT2D eigenvalue weighted by atomic mass is 16.5. The molecule has 0 radical (unpaired) electrons. The van der Waals surface area contributed by atoms with Crippen LogP contribution in [-0.2, 0) is 34.3 Å². The number of carbonyl (C=O) groups excluding carboxylic acids is 2. The first kappa shape index (κ1) is 19.0. The van der Waals surface area contributed by atoms with Crippen LogP contribution in [-0.4, -0.2) is 68.2 Å². The predicted molar refractivity (Wildman–Crippen MR) is 108 cm³/mol. The van der Waals surface area contributed by atoms with E-state index in [-0.39, 0.29) is 17.9 Å². The maximum atomic E-state index is 13.3. The fourth-order valence-electron chi connectivity index (χ4n) is 4.97. The molecule has 8 heteroatoms. The Balaban J connectivity index is 1.31. The zero-order valence-corrected chi connectivity index (χ0v) is 17.1. The number of carbonyl (C=O) groups is 2. The molecule has 2 amide bonds. The number of likely N-dealkylation sites (tertiary alicyclic amines) is 1. The van der Waals surface area contributed by atoms with E-state index in [0.29, 0.717) is 19.6 Å². The Hall–Kier alpha value is -3.00. The van der Waals surface area contributed by atoms with E-state index in [1.54, 1.807) is 33.9 Å². The van der Waals surface area contributed by atoms with E-state index in [0.717, 1.165) is 17.5 Å². The average molecular weight is 407 g/mol. The summed E-state index contributed by atoms with van der Waals surface area (Å²) in [6.07, 6.45) is 11.6. The molecule has 8 nitrogen and oxygen atoms in total. The number of aromatic nitrogens is 3. The van der Waals surface area contributed by atoms with Gasteiger partial charge < -0.3 is 14.5 Å². The minimum Gasteiger partial charge on any atom is -0.360 e. The lowest BCUT2D eigenvalue weighted by atomic mass is 9.76. The second-order valence-corrected chi connectivity index (χ2v) is 8.49. The molecule has 30 heavy (non-hydrogen) atoms. The normalized spacial score (nSPS) is 28.9. The molecule has 3 aliphatic heterocycles. The van der Waals surface area contributed by atoms with Crippen LogP contribution in [0.4, 0.5) is 0 Å². The van der Waals surface area contributed by atoms with Gasteiger partial charge in [0.15, 0.2) is 0 Å². The number of hydrogen-bond donors (Lipinski definition) is 0. The van der Waals surface area contributed by atoms with Crippen LogP contribution in [0.2, 0.25) is 0 Å². The fraction of sp³-hybridized carbons (Fsp3) is 0.455. The van der Waals surface area contributed by atoms with Crippen molar-refractivity contribution in [1.29, 1.82) is 0 Å². The Morgan fingerprint density at radius 3 is 2.97 bits per heavy atom. The van der Waals surface area contributed by atoms with Gasteiger partial charge in [-0.05, 0) is 23.6 Å². The number of nitrogens with zero attached hydrogens (tertiary/aromatic N) is 5. The highest BCUT2D eigenvalue weighted by Crippen LogP contribution is 2.52. The second-order valence-electron chi connectivity index (χ2n) is 8.49. The first-order valence-corrected chi connectivity index (χ1v) is 10.2. The largest absolute Gasteiger partial charge is 0.360 e. The lowest BCUT2D eigenvalue weighted by molar-refractivity contribution is -0.142. The van der Waals surface area contributed by atoms with Crippen LogP contribution in [0.25, 0.3) is 0 Å². The molecule has 2 fully saturated rings. The lowest BCUT2D eigenvalue weighted by Gasteiger charge is -2.27. The molecule has 2 unspecified atom stereocenters. The highest BCUT2D eigenvalue weighted by molar-refractivity contribution is 5.93. The van der Waals surface area contributed by atoms with Crippen LogP contribution in [0.5, 0.6) is 0 Å². The maximum Gasteiger partial charge on any atom is 0.230 e. The van der Waals surface area contributed by atoms with Gasteiger partial charge in [-0.15, -0.1) is 0 Å². The molecule has 2 bridgehead atoms. The zero-order chi connectivity index (χ0) is 20.9. The van der Waals surface area contributed by atoms with E-state index in [2.05, 4.69) is 10.1 Å². The average Bonchev–Trinajstić information content (AvgIpc) is 3.48. The molecule has 0 N–H and O–H groups in total. The molecule has 3 aliphatic rings. The van der Waals surface area contributed by atoms with Crippen LogP contribution < -0.4 is 0 Å². The molecule has 0 aliphatic carbocycles. The summed E-state index contributed by atoms with van der Waals surface area (Å²) in [6.45, 7) is 1.52. The van der Waals surface area contributed by atoms with Crippen molar-refractivity contribution in [3.63, 3.8) is 0 Å². The minimum absolute atomic E-state index is 0.00953. The number of fused-ring (bicyclic) bond motifs is 1. The van der Waals surface area contributed by atoms with E-state index in [1.807, 2.05) is 43.7 Å². The van der Waals surface area contributed by atoms with Crippen molar-refractivity contribution in [3.05, 3.63) is 60.2 Å². The van der Waals surface area contributed by atoms with Gasteiger partial charge in [0.05, 0.1) is 30.7 Å². The molecular weight excluding hydrogens is 382 g/mol. The van der Waals surface area contributed by atoms with Gasteiger partial charge in [-0.1, -0.05) is 18.2 Å². The van der Waals surface area contributed by atoms with Gasteiger partial charge in [0.25, 0.3) is 0 Å². The van der Waals surface area contributed by atoms with Crippen LogP contribution >= 0.6 is 0 Å². The summed E-state index contributed by atoms with van der Waals surface area (Å²) in [5.74, 6) is -0.973. The second kappa shape index (κ2) is 7.05. The Kier molecular flexibility index (Phi) is 4.47. The molecule has 5 rings (SSSR count). The van der Waals surface area contributed by atoms with Crippen LogP contribution in [0.1, 0.15) is 11.1 Å². The molecule has 4 atom stereocenters. The van der Waals surface area contributed by atoms with Gasteiger partial charge in [-0.3, -0.25) is 19.3 Å². The van der Waals surface area contributed by atoms with Gasteiger partial charge in [0.1, 0.15) is 5.60 Å². The van der Waals surface area contributed by atoms with Crippen molar-refractivity contribution in [3.8, 4) is 0 Å². The Morgan fingerprint density at radius 1 is 1.37 bits per heavy atom. The first-order valence-electron chi connectivity index (χ1n) is 10.2. The molecule has 0 aromatic carbocycles. The Morgan fingerprint density at radius 2 is 2.23 bits per heavy atom. The third-order valence-corrected chi connectivity index (χ3v) is 6.43. The highest BCUT2D eigenvalue weighted by Gasteiger charge is 2.67. The smallest absolute Gasteiger partial charge is 0.230 e. The number of aryl methyl sites for hydroxylation is 1. The van der Waals surface area contributed by atoms with Crippen molar-refractivity contribution in [2.75, 3.05) is 20.1 Å². The van der Waals surface area contributed by atoms with Gasteiger partial charge in [0, 0.05) is 45.8 Å². The van der Waals surface area contributed by atoms with Crippen LogP contribution in [0.3, 0.4) is 0 Å². The monoisotopic (exact) mass is 407 g/mol. The van der Waals surface area contributed by atoms with Crippen molar-refractivity contribution >= 4 is 11.8 Å². The fourth-order valence-corrected chi connectivity index (χ4v) is 4.97. The third kappa shape index (κ3) is 3.02. The predicted octanol–water partition coefficient (Wildman–Crippen LogP) is 0.798. The summed E-state index contributed by atoms with van der Waals surface area (Å²) < 4.78 is 7.98. The van der Waals surface area contributed by atoms with Crippen molar-refractivity contribution in [2.45, 2.75) is 24.7 Å². The number of rotatable bonds is 6. The van der Waals surface area contributed by atoms with Crippen LogP contribution in [0, 0.1) is 11.8 Å². The van der Waals surface area contributed by atoms with E-state index in [1.165, 1.54) is 0 Å². The summed E-state index contributed by atoms with van der Waals surface area (Å²) in [6, 6.07) is 3.82. The molecule has 2 saturated heterocycles. The molecular formula is C22H25N5O3. The molecule has 2 aromatic rings. The van der Waals surface area contributed by atoms with Gasteiger partial charge in [-0.2, -0.15) is 5.10 Å². The first-order chi connectivity index (χ1) is 14.5. The van der Waals surface area contributed by atoms with Gasteiger partial charge in [-0.25, -0.2) is 0 Å². The van der Waals surface area contributed by atoms with E-state index >= 15 is 0 Å². The Bertz CT molecular complexity index is 1000. The standard InChI is InChI=1S/C22H25N5O3/c1-25(9-6-16-11-24-26(2)12-16)20(28)18-17-5-7-22(30-17)14-27(21(29)19(18)22)13-15-4-3-8-23-10-15/h3-5,7-8,10-12,17-19H,6,9,13-14H2,1-2H3/t17-,18?,19?,22-/m0/s1. The summed E-state index contributed by atoms with van der Waals surface area (Å²) in [7, 11) is 3.67. The van der Waals surface area contributed by atoms with Crippen molar-refractivity contribution < 1.29 is 14.3 Å². The van der Waals surface area contributed by atoms with Gasteiger partial charge in [0.2, 0.25) is 11.8 Å². The topological polar surface area (TPSA) is 80.6 Å². The van der Waals surface area contributed by atoms with E-state index < -0.39 is 17.4 Å². The van der Waals surface area contributed by atoms with Crippen molar-refractivity contribution in [1.82, 2.24) is 24.6 Å². The number of pyridine rings is 1. The number of ether oxygens (including phenoxy) is 1. The summed E-state index contributed by atoms with van der Waals surface area (Å²) in [5.41, 5.74) is 1.36. The minimum atomic E-state index is -0.686. The van der Waals surface area contributed by atoms with Crippen LogP contribution in [0.15, 0.2) is 49.1 Å². The molecule has 1 spiro atoms. The SMILES string of the molecule is CN(CCc1cnn(C)c1)C(=O)C1C2C(=O)N(Cc3cccnc3)C[C@@]23C=C[C@@H]1O3. The zero-order valence-electron chi connectivity index (χ0n) is 17.1. The Labute approximate surface area is 175 Å². The van der Waals surface area contributed by atoms with E-state index in [9.17, 15) is 9.59 Å². The van der Waals surface area contributed by atoms with E-state index in [4.69, 9.17) is 4.74 Å². The summed E-state index contributed by atoms with van der Waals surface area (Å²) >= 11 is 0. The molecule has 0 saturated carbocycles. The molecule has 2 aromatic heterocycles. The van der Waals surface area contributed by atoms with Crippen molar-refractivity contribution in [2.24, 2.45) is 18.9 Å². The molecule has 156 valence electrons. The lowest BCUT2D eigenvalue weighted by Crippen LogP contribution is -2.45. The summed E-state index contributed by atoms with van der Waals surface area (Å²) in [5, 5.41) is 4.17.